The fraction of sp³-hybridized carbons (Fsp3) is 0.115. The average molecular weight is 490 g/mol. The number of halogens is 2. The molecule has 9 heteroatoms. The maximum absolute atomic E-state index is 13.3. The van der Waals surface area contributed by atoms with Gasteiger partial charge in [-0.1, -0.05) is 17.7 Å². The monoisotopic (exact) mass is 489 g/mol. The van der Waals surface area contributed by atoms with Crippen molar-refractivity contribution < 1.29 is 23.1 Å². The lowest BCUT2D eigenvalue weighted by Gasteiger charge is -2.21. The highest BCUT2D eigenvalue weighted by atomic mass is 32.2. The van der Waals surface area contributed by atoms with Gasteiger partial charge in [0.25, 0.3) is 11.8 Å². The first-order chi connectivity index (χ1) is 16.9. The molecule has 0 aliphatic carbocycles. The van der Waals surface area contributed by atoms with Crippen molar-refractivity contribution in [2.24, 2.45) is 0 Å². The fourth-order valence-electron chi connectivity index (χ4n) is 3.43. The highest BCUT2D eigenvalue weighted by molar-refractivity contribution is 7.99. The first-order valence-electron chi connectivity index (χ1n) is 10.3. The first kappa shape index (κ1) is 23.8. The molecule has 1 aliphatic rings. The van der Waals surface area contributed by atoms with Gasteiger partial charge in [0.2, 0.25) is 0 Å². The number of hydrogen-bond donors (Lipinski definition) is 1. The van der Waals surface area contributed by atoms with E-state index in [2.05, 4.69) is 28.0 Å². The number of nitrogens with one attached hydrogen (secondary N) is 1. The van der Waals surface area contributed by atoms with E-state index < -0.39 is 12.5 Å². The number of alkyl halides is 2. The van der Waals surface area contributed by atoms with Gasteiger partial charge in [-0.15, -0.1) is 5.92 Å². The molecule has 1 N–H and O–H groups in total. The summed E-state index contributed by atoms with van der Waals surface area (Å²) < 4.78 is 29.0. The predicted molar refractivity (Wildman–Crippen MR) is 128 cm³/mol. The van der Waals surface area contributed by atoms with Crippen LogP contribution in [0.25, 0.3) is 0 Å². The Bertz CT molecular complexity index is 1410. The van der Waals surface area contributed by atoms with Crippen molar-refractivity contribution in [2.45, 2.75) is 23.3 Å². The number of carbonyl (C=O) groups excluding carboxylic acids is 2. The lowest BCUT2D eigenvalue weighted by Crippen LogP contribution is -2.31. The van der Waals surface area contributed by atoms with Crippen LogP contribution in [0.5, 0.6) is 5.75 Å². The van der Waals surface area contributed by atoms with Gasteiger partial charge in [0.1, 0.15) is 5.75 Å². The molecule has 1 heterocycles. The largest absolute Gasteiger partial charge is 0.435 e. The highest BCUT2D eigenvalue weighted by Crippen LogP contribution is 2.42. The van der Waals surface area contributed by atoms with Crippen LogP contribution in [0.2, 0.25) is 0 Å². The Morgan fingerprint density at radius 3 is 2.57 bits per heavy atom. The minimum absolute atomic E-state index is 0.0452. The van der Waals surface area contributed by atoms with E-state index in [1.807, 2.05) is 0 Å². The Kier molecular flexibility index (Phi) is 7.00. The summed E-state index contributed by atoms with van der Waals surface area (Å²) in [5.74, 6) is 4.96. The molecule has 3 aromatic rings. The van der Waals surface area contributed by atoms with Crippen LogP contribution >= 0.6 is 11.8 Å². The number of carbonyl (C=O) groups is 2. The predicted octanol–water partition coefficient (Wildman–Crippen LogP) is 5.55. The normalized spacial score (nSPS) is 12.0. The molecule has 35 heavy (non-hydrogen) atoms. The molecule has 0 saturated heterocycles. The summed E-state index contributed by atoms with van der Waals surface area (Å²) in [6.07, 6.45) is 0. The Labute approximate surface area is 204 Å². The number of nitriles is 1. The summed E-state index contributed by atoms with van der Waals surface area (Å²) in [7, 11) is 0. The second-order valence-corrected chi connectivity index (χ2v) is 8.37. The van der Waals surface area contributed by atoms with Crippen molar-refractivity contribution in [3.8, 4) is 23.7 Å². The van der Waals surface area contributed by atoms with Gasteiger partial charge in [0.05, 0.1) is 29.4 Å². The Balaban J connectivity index is 1.65. The molecule has 0 atom stereocenters. The number of rotatable bonds is 5. The van der Waals surface area contributed by atoms with E-state index in [1.54, 1.807) is 48.2 Å². The van der Waals surface area contributed by atoms with Gasteiger partial charge in [-0.25, -0.2) is 0 Å². The van der Waals surface area contributed by atoms with Crippen molar-refractivity contribution >= 4 is 35.0 Å². The van der Waals surface area contributed by atoms with Gasteiger partial charge in [-0.2, -0.15) is 14.0 Å². The number of nitrogens with zero attached hydrogens (tertiary/aromatic N) is 2. The molecule has 0 fully saturated rings. The SMILES string of the molecule is CC#CCN1C(=O)c2cc(C#N)ccc2Sc2cc(NC(=O)c3ccc(OC(F)F)cc3)ccc21. The molecule has 0 saturated carbocycles. The van der Waals surface area contributed by atoms with Gasteiger partial charge < -0.3 is 10.1 Å². The van der Waals surface area contributed by atoms with Crippen LogP contribution in [0.15, 0.2) is 70.5 Å². The van der Waals surface area contributed by atoms with E-state index in [0.717, 1.165) is 4.90 Å². The molecule has 6 nitrogen and oxygen atoms in total. The third kappa shape index (κ3) is 5.26. The molecule has 0 unspecified atom stereocenters. The lowest BCUT2D eigenvalue weighted by molar-refractivity contribution is -0.0498. The van der Waals surface area contributed by atoms with Gasteiger partial charge in [0.15, 0.2) is 0 Å². The van der Waals surface area contributed by atoms with E-state index in [-0.39, 0.29) is 23.8 Å². The average Bonchev–Trinajstić information content (AvgIpc) is 2.96. The van der Waals surface area contributed by atoms with Crippen molar-refractivity contribution in [3.05, 3.63) is 77.4 Å². The van der Waals surface area contributed by atoms with Crippen LogP contribution in [0.3, 0.4) is 0 Å². The zero-order valence-electron chi connectivity index (χ0n) is 18.3. The van der Waals surface area contributed by atoms with E-state index in [4.69, 9.17) is 0 Å². The first-order valence-corrected chi connectivity index (χ1v) is 11.1. The van der Waals surface area contributed by atoms with E-state index >= 15 is 0 Å². The van der Waals surface area contributed by atoms with Crippen molar-refractivity contribution in [3.63, 3.8) is 0 Å². The molecule has 1 aliphatic heterocycles. The van der Waals surface area contributed by atoms with E-state index in [0.29, 0.717) is 27.4 Å². The Morgan fingerprint density at radius 2 is 1.89 bits per heavy atom. The summed E-state index contributed by atoms with van der Waals surface area (Å²) in [6, 6.07) is 17.5. The molecule has 0 spiro atoms. The number of fused-ring (bicyclic) bond motifs is 2. The Hall–Kier alpha value is -4.34. The summed E-state index contributed by atoms with van der Waals surface area (Å²) in [4.78, 5) is 29.0. The van der Waals surface area contributed by atoms with Crippen LogP contribution in [0.1, 0.15) is 33.2 Å². The number of ether oxygens (including phenoxy) is 1. The van der Waals surface area contributed by atoms with Crippen molar-refractivity contribution in [1.82, 2.24) is 0 Å². The number of anilines is 2. The van der Waals surface area contributed by atoms with Gasteiger partial charge >= 0.3 is 6.61 Å². The van der Waals surface area contributed by atoms with E-state index in [1.165, 1.54) is 36.0 Å². The topological polar surface area (TPSA) is 82.4 Å². The molecule has 0 bridgehead atoms. The number of hydrogen-bond acceptors (Lipinski definition) is 5. The van der Waals surface area contributed by atoms with Crippen LogP contribution in [0.4, 0.5) is 20.2 Å². The van der Waals surface area contributed by atoms with Gasteiger partial charge in [-0.05, 0) is 67.6 Å². The summed E-state index contributed by atoms with van der Waals surface area (Å²) in [5, 5.41) is 12.0. The minimum Gasteiger partial charge on any atom is -0.435 e. The zero-order chi connectivity index (χ0) is 24.9. The number of amides is 2. The van der Waals surface area contributed by atoms with Gasteiger partial charge in [-0.3, -0.25) is 14.5 Å². The zero-order valence-corrected chi connectivity index (χ0v) is 19.2. The van der Waals surface area contributed by atoms with E-state index in [9.17, 15) is 23.6 Å². The summed E-state index contributed by atoms with van der Waals surface area (Å²) >= 11 is 1.35. The third-order valence-electron chi connectivity index (χ3n) is 5.07. The lowest BCUT2D eigenvalue weighted by atomic mass is 10.1. The van der Waals surface area contributed by atoms with Crippen molar-refractivity contribution in [1.29, 1.82) is 5.26 Å². The fourth-order valence-corrected chi connectivity index (χ4v) is 4.53. The molecular formula is C26H17F2N3O3S. The number of benzene rings is 3. The summed E-state index contributed by atoms with van der Waals surface area (Å²) in [6.45, 7) is -1.10. The Morgan fingerprint density at radius 1 is 1.11 bits per heavy atom. The molecule has 0 radical (unpaired) electrons. The molecule has 2 amide bonds. The second-order valence-electron chi connectivity index (χ2n) is 7.28. The van der Waals surface area contributed by atoms with Gasteiger partial charge in [0, 0.05) is 21.0 Å². The van der Waals surface area contributed by atoms with Crippen LogP contribution in [-0.4, -0.2) is 25.0 Å². The van der Waals surface area contributed by atoms with Crippen LogP contribution in [-0.2, 0) is 0 Å². The quantitative estimate of drug-likeness (QED) is 0.476. The molecular weight excluding hydrogens is 472 g/mol. The smallest absolute Gasteiger partial charge is 0.387 e. The maximum atomic E-state index is 13.3. The second kappa shape index (κ2) is 10.3. The molecule has 0 aromatic heterocycles. The van der Waals surface area contributed by atoms with Crippen LogP contribution < -0.4 is 15.0 Å². The molecule has 4 rings (SSSR count). The summed E-state index contributed by atoms with van der Waals surface area (Å²) in [5.41, 5.74) is 2.16. The van der Waals surface area contributed by atoms with Crippen LogP contribution in [0, 0.1) is 23.2 Å². The maximum Gasteiger partial charge on any atom is 0.387 e. The standard InChI is InChI=1S/C26H17F2N3O3S/c1-2-3-12-31-21-10-7-18(30-24(32)17-5-8-19(9-6-17)34-26(27)28)14-23(21)35-22-11-4-16(15-29)13-20(22)25(31)33/h4-11,13-14,26H,12H2,1H3,(H,30,32). The molecule has 174 valence electrons. The van der Waals surface area contributed by atoms with Crippen molar-refractivity contribution in [2.75, 3.05) is 16.8 Å². The third-order valence-corrected chi connectivity index (χ3v) is 6.19. The molecule has 3 aromatic carbocycles. The highest BCUT2D eigenvalue weighted by Gasteiger charge is 2.27. The minimum atomic E-state index is -2.95.